The van der Waals surface area contributed by atoms with E-state index in [1.807, 2.05) is 12.1 Å². The van der Waals surface area contributed by atoms with Crippen LogP contribution in [0.1, 0.15) is 5.69 Å². The molecule has 124 valence electrons. The Hall–Kier alpha value is -2.64. The van der Waals surface area contributed by atoms with Gasteiger partial charge in [-0.05, 0) is 18.2 Å². The van der Waals surface area contributed by atoms with E-state index in [9.17, 15) is 4.79 Å². The Kier molecular flexibility index (Phi) is 4.93. The van der Waals surface area contributed by atoms with E-state index in [-0.39, 0.29) is 18.7 Å². The average molecular weight is 326 g/mol. The number of ether oxygens (including phenoxy) is 1. The summed E-state index contributed by atoms with van der Waals surface area (Å²) in [5, 5.41) is 9.57. The summed E-state index contributed by atoms with van der Waals surface area (Å²) in [7, 11) is 1.62. The standard InChI is InChI=1S/C17H18N4O3/c1-24-8-4-13-9-14-16(19-11-21(6-7-22)17(14)23)15(20-13)12-3-2-5-18-10-12/h2-3,5,9-11,22H,4,6-8H2,1H3. The molecule has 0 unspecified atom stereocenters. The summed E-state index contributed by atoms with van der Waals surface area (Å²) in [6.07, 6.45) is 5.41. The van der Waals surface area contributed by atoms with Crippen LogP contribution < -0.4 is 5.56 Å². The number of nitrogens with zero attached hydrogens (tertiary/aromatic N) is 4. The molecule has 3 aromatic rings. The highest BCUT2D eigenvalue weighted by Gasteiger charge is 2.13. The summed E-state index contributed by atoms with van der Waals surface area (Å²) >= 11 is 0. The molecule has 0 spiro atoms. The lowest BCUT2D eigenvalue weighted by Gasteiger charge is -2.10. The van der Waals surface area contributed by atoms with Crippen molar-refractivity contribution < 1.29 is 9.84 Å². The minimum atomic E-state index is -0.194. The van der Waals surface area contributed by atoms with Gasteiger partial charge >= 0.3 is 0 Å². The van der Waals surface area contributed by atoms with Crippen LogP contribution in [-0.2, 0) is 17.7 Å². The summed E-state index contributed by atoms with van der Waals surface area (Å²) in [5.41, 5.74) is 2.51. The maximum absolute atomic E-state index is 12.7. The molecule has 0 aliphatic carbocycles. The molecule has 3 rings (SSSR count). The molecule has 7 nitrogen and oxygen atoms in total. The average Bonchev–Trinajstić information content (AvgIpc) is 2.63. The van der Waals surface area contributed by atoms with E-state index in [1.54, 1.807) is 25.6 Å². The second kappa shape index (κ2) is 7.29. The second-order valence-corrected chi connectivity index (χ2v) is 5.31. The SMILES string of the molecule is COCCc1cc2c(=O)n(CCO)cnc2c(-c2cccnc2)n1. The van der Waals surface area contributed by atoms with Crippen molar-refractivity contribution in [2.45, 2.75) is 13.0 Å². The molecule has 7 heteroatoms. The van der Waals surface area contributed by atoms with E-state index in [0.29, 0.717) is 29.6 Å². The maximum atomic E-state index is 12.7. The molecule has 0 atom stereocenters. The van der Waals surface area contributed by atoms with Crippen molar-refractivity contribution in [1.29, 1.82) is 0 Å². The molecular weight excluding hydrogens is 308 g/mol. The molecular formula is C17H18N4O3. The number of fused-ring (bicyclic) bond motifs is 1. The maximum Gasteiger partial charge on any atom is 0.261 e. The van der Waals surface area contributed by atoms with Gasteiger partial charge in [0.15, 0.2) is 0 Å². The van der Waals surface area contributed by atoms with Crippen molar-refractivity contribution in [2.24, 2.45) is 0 Å². The summed E-state index contributed by atoms with van der Waals surface area (Å²) in [6, 6.07) is 5.45. The highest BCUT2D eigenvalue weighted by Crippen LogP contribution is 2.24. The first-order valence-electron chi connectivity index (χ1n) is 7.64. The molecule has 3 heterocycles. The first-order chi connectivity index (χ1) is 11.7. The minimum Gasteiger partial charge on any atom is -0.395 e. The molecule has 1 N–H and O–H groups in total. The van der Waals surface area contributed by atoms with Gasteiger partial charge in [-0.15, -0.1) is 0 Å². The van der Waals surface area contributed by atoms with Gasteiger partial charge in [0.2, 0.25) is 0 Å². The monoisotopic (exact) mass is 326 g/mol. The number of aromatic nitrogens is 4. The van der Waals surface area contributed by atoms with Crippen molar-refractivity contribution in [1.82, 2.24) is 19.5 Å². The largest absolute Gasteiger partial charge is 0.395 e. The van der Waals surface area contributed by atoms with Gasteiger partial charge in [0.05, 0.1) is 37.2 Å². The Morgan fingerprint density at radius 1 is 1.38 bits per heavy atom. The van der Waals surface area contributed by atoms with Crippen LogP contribution in [-0.4, -0.2) is 44.9 Å². The zero-order chi connectivity index (χ0) is 16.9. The minimum absolute atomic E-state index is 0.121. The lowest BCUT2D eigenvalue weighted by molar-refractivity contribution is 0.201. The van der Waals surface area contributed by atoms with Gasteiger partial charge in [-0.2, -0.15) is 0 Å². The molecule has 0 aromatic carbocycles. The topological polar surface area (TPSA) is 90.1 Å². The quantitative estimate of drug-likeness (QED) is 0.728. The highest BCUT2D eigenvalue weighted by molar-refractivity contribution is 5.90. The van der Waals surface area contributed by atoms with Crippen LogP contribution in [0.5, 0.6) is 0 Å². The Morgan fingerprint density at radius 3 is 2.96 bits per heavy atom. The predicted octanol–water partition coefficient (Wildman–Crippen LogP) is 1.03. The lowest BCUT2D eigenvalue weighted by atomic mass is 10.1. The molecule has 0 saturated heterocycles. The Bertz CT molecular complexity index is 893. The van der Waals surface area contributed by atoms with Crippen molar-refractivity contribution in [3.8, 4) is 11.3 Å². The third-order valence-corrected chi connectivity index (χ3v) is 3.70. The van der Waals surface area contributed by atoms with Crippen LogP contribution in [0.2, 0.25) is 0 Å². The van der Waals surface area contributed by atoms with Crippen LogP contribution in [0.3, 0.4) is 0 Å². The normalized spacial score (nSPS) is 11.1. The third kappa shape index (κ3) is 3.17. The van der Waals surface area contributed by atoms with Crippen molar-refractivity contribution in [3.05, 3.63) is 53.0 Å². The van der Waals surface area contributed by atoms with Gasteiger partial charge in [-0.1, -0.05) is 0 Å². The lowest BCUT2D eigenvalue weighted by Crippen LogP contribution is -2.22. The van der Waals surface area contributed by atoms with E-state index in [2.05, 4.69) is 15.0 Å². The summed E-state index contributed by atoms with van der Waals surface area (Å²) in [4.78, 5) is 25.8. The zero-order valence-electron chi connectivity index (χ0n) is 13.3. The first kappa shape index (κ1) is 16.2. The second-order valence-electron chi connectivity index (χ2n) is 5.31. The van der Waals surface area contributed by atoms with E-state index in [0.717, 1.165) is 11.3 Å². The number of aliphatic hydroxyl groups excluding tert-OH is 1. The summed E-state index contributed by atoms with van der Waals surface area (Å²) < 4.78 is 6.51. The van der Waals surface area contributed by atoms with Crippen LogP contribution in [0, 0.1) is 0 Å². The molecule has 3 aromatic heterocycles. The van der Waals surface area contributed by atoms with E-state index in [4.69, 9.17) is 9.84 Å². The number of hydrogen-bond acceptors (Lipinski definition) is 6. The summed E-state index contributed by atoms with van der Waals surface area (Å²) in [5.74, 6) is 0. The fourth-order valence-corrected chi connectivity index (χ4v) is 2.53. The number of rotatable bonds is 6. The van der Waals surface area contributed by atoms with Gasteiger partial charge in [0.25, 0.3) is 5.56 Å². The Balaban J connectivity index is 2.25. The smallest absolute Gasteiger partial charge is 0.261 e. The van der Waals surface area contributed by atoms with Gasteiger partial charge in [-0.25, -0.2) is 4.98 Å². The fourth-order valence-electron chi connectivity index (χ4n) is 2.53. The Morgan fingerprint density at radius 2 is 2.25 bits per heavy atom. The van der Waals surface area contributed by atoms with Gasteiger partial charge < -0.3 is 9.84 Å². The van der Waals surface area contributed by atoms with Crippen LogP contribution in [0.25, 0.3) is 22.2 Å². The molecule has 0 bridgehead atoms. The van der Waals surface area contributed by atoms with Crippen molar-refractivity contribution in [3.63, 3.8) is 0 Å². The molecule has 0 radical (unpaired) electrons. The zero-order valence-corrected chi connectivity index (χ0v) is 13.3. The number of hydrogen-bond donors (Lipinski definition) is 1. The summed E-state index contributed by atoms with van der Waals surface area (Å²) in [6.45, 7) is 0.597. The molecule has 0 aliphatic heterocycles. The van der Waals surface area contributed by atoms with Gasteiger partial charge in [0, 0.05) is 37.2 Å². The molecule has 0 saturated carbocycles. The molecule has 24 heavy (non-hydrogen) atoms. The highest BCUT2D eigenvalue weighted by atomic mass is 16.5. The third-order valence-electron chi connectivity index (χ3n) is 3.70. The van der Waals surface area contributed by atoms with Crippen LogP contribution in [0.15, 0.2) is 41.7 Å². The number of methoxy groups -OCH3 is 1. The van der Waals surface area contributed by atoms with Gasteiger partial charge in [-0.3, -0.25) is 19.3 Å². The fraction of sp³-hybridized carbons (Fsp3) is 0.294. The van der Waals surface area contributed by atoms with Crippen molar-refractivity contribution >= 4 is 10.9 Å². The van der Waals surface area contributed by atoms with E-state index >= 15 is 0 Å². The molecule has 0 amide bonds. The Labute approximate surface area is 138 Å². The number of aliphatic hydroxyl groups is 1. The van der Waals surface area contributed by atoms with Crippen LogP contribution in [0.4, 0.5) is 0 Å². The molecule has 0 fully saturated rings. The molecule has 0 aliphatic rings. The van der Waals surface area contributed by atoms with Gasteiger partial charge in [0.1, 0.15) is 5.52 Å². The van der Waals surface area contributed by atoms with E-state index in [1.165, 1.54) is 10.9 Å². The van der Waals surface area contributed by atoms with E-state index < -0.39 is 0 Å². The predicted molar refractivity (Wildman–Crippen MR) is 89.7 cm³/mol. The first-order valence-corrected chi connectivity index (χ1v) is 7.64. The van der Waals surface area contributed by atoms with Crippen molar-refractivity contribution in [2.75, 3.05) is 20.3 Å². The van der Waals surface area contributed by atoms with Crippen LogP contribution >= 0.6 is 0 Å². The number of pyridine rings is 2.